The van der Waals surface area contributed by atoms with Gasteiger partial charge >= 0.3 is 0 Å². The largest absolute Gasteiger partial charge is 0.493 e. The Labute approximate surface area is 187 Å². The molecule has 1 atom stereocenters. The van der Waals surface area contributed by atoms with Gasteiger partial charge in [-0.05, 0) is 24.6 Å². The molecule has 0 aromatic heterocycles. The number of amides is 4. The summed E-state index contributed by atoms with van der Waals surface area (Å²) in [5.74, 6) is -2.25. The molecule has 1 fully saturated rings. The van der Waals surface area contributed by atoms with Crippen LogP contribution in [-0.2, 0) is 16.1 Å². The summed E-state index contributed by atoms with van der Waals surface area (Å²) in [5, 5.41) is 11.6. The van der Waals surface area contributed by atoms with Crippen LogP contribution in [0.2, 0.25) is 0 Å². The lowest BCUT2D eigenvalue weighted by atomic mass is 10.0. The van der Waals surface area contributed by atoms with Crippen molar-refractivity contribution in [1.82, 2.24) is 9.80 Å². The number of methoxy groups -OCH3 is 2. The van der Waals surface area contributed by atoms with Crippen molar-refractivity contribution in [2.24, 2.45) is 0 Å². The minimum Gasteiger partial charge on any atom is -0.493 e. The summed E-state index contributed by atoms with van der Waals surface area (Å²) >= 11 is 0. The van der Waals surface area contributed by atoms with Crippen LogP contribution in [0, 0.1) is 10.1 Å². The number of fused-ring (bicyclic) bond motifs is 1. The Kier molecular flexibility index (Phi) is 5.54. The lowest BCUT2D eigenvalue weighted by molar-refractivity contribution is -0.385. The first-order valence-corrected chi connectivity index (χ1v) is 9.98. The van der Waals surface area contributed by atoms with E-state index in [2.05, 4.69) is 0 Å². The molecule has 2 aliphatic heterocycles. The van der Waals surface area contributed by atoms with Crippen LogP contribution >= 0.6 is 0 Å². The second-order valence-corrected chi connectivity index (χ2v) is 7.49. The van der Waals surface area contributed by atoms with E-state index in [-0.39, 0.29) is 46.7 Å². The van der Waals surface area contributed by atoms with Gasteiger partial charge in [0.15, 0.2) is 11.5 Å². The van der Waals surface area contributed by atoms with E-state index in [1.165, 1.54) is 32.4 Å². The lowest BCUT2D eigenvalue weighted by Crippen LogP contribution is -2.55. The summed E-state index contributed by atoms with van der Waals surface area (Å²) < 4.78 is 10.3. The zero-order chi connectivity index (χ0) is 23.9. The predicted octanol–water partition coefficient (Wildman–Crippen LogP) is 1.93. The maximum absolute atomic E-state index is 13.3. The molecule has 2 heterocycles. The van der Waals surface area contributed by atoms with Crippen molar-refractivity contribution in [3.8, 4) is 11.5 Å². The number of hydrogen-bond acceptors (Lipinski definition) is 8. The highest BCUT2D eigenvalue weighted by atomic mass is 16.6. The van der Waals surface area contributed by atoms with Gasteiger partial charge in [0.2, 0.25) is 5.91 Å². The average molecular weight is 453 g/mol. The molecule has 4 rings (SSSR count). The summed E-state index contributed by atoms with van der Waals surface area (Å²) in [7, 11) is 2.68. The Morgan fingerprint density at radius 2 is 1.58 bits per heavy atom. The summed E-state index contributed by atoms with van der Waals surface area (Å²) in [4.78, 5) is 64.2. The molecule has 170 valence electrons. The van der Waals surface area contributed by atoms with Gasteiger partial charge in [-0.2, -0.15) is 0 Å². The minimum atomic E-state index is -1.19. The third-order valence-electron chi connectivity index (χ3n) is 5.73. The highest BCUT2D eigenvalue weighted by Crippen LogP contribution is 2.36. The van der Waals surface area contributed by atoms with Crippen LogP contribution in [0.3, 0.4) is 0 Å². The molecule has 0 saturated carbocycles. The van der Waals surface area contributed by atoms with E-state index in [0.717, 1.165) is 15.9 Å². The molecule has 0 N–H and O–H groups in total. The Morgan fingerprint density at radius 3 is 2.12 bits per heavy atom. The number of nitro groups is 1. The number of nitro benzene ring substituents is 1. The third-order valence-corrected chi connectivity index (χ3v) is 5.73. The molecule has 2 aromatic rings. The highest BCUT2D eigenvalue weighted by molar-refractivity contribution is 6.23. The van der Waals surface area contributed by atoms with Gasteiger partial charge < -0.3 is 9.47 Å². The van der Waals surface area contributed by atoms with Gasteiger partial charge in [-0.15, -0.1) is 0 Å². The van der Waals surface area contributed by atoms with E-state index in [1.807, 2.05) is 0 Å². The van der Waals surface area contributed by atoms with Crippen molar-refractivity contribution in [3.63, 3.8) is 0 Å². The standard InChI is InChI=1S/C22H19N3O8/c1-32-17-9-12(16(25(30)31)10-18(17)33-2)11-23-19(26)8-7-15(22(23)29)24-20(27)13-5-3-4-6-14(13)21(24)28/h3-6,9-10,15H,7-8,11H2,1-2H3. The number of carbonyl (C=O) groups is 4. The number of nitrogens with zero attached hydrogens (tertiary/aromatic N) is 3. The molecule has 2 aromatic carbocycles. The fourth-order valence-corrected chi connectivity index (χ4v) is 4.10. The van der Waals surface area contributed by atoms with E-state index in [9.17, 15) is 29.3 Å². The summed E-state index contributed by atoms with van der Waals surface area (Å²) in [6.07, 6.45) is -0.126. The second-order valence-electron chi connectivity index (χ2n) is 7.49. The van der Waals surface area contributed by atoms with Crippen LogP contribution in [0.5, 0.6) is 11.5 Å². The van der Waals surface area contributed by atoms with Crippen LogP contribution < -0.4 is 9.47 Å². The number of likely N-dealkylation sites (tertiary alicyclic amines) is 1. The van der Waals surface area contributed by atoms with E-state index < -0.39 is 41.1 Å². The summed E-state index contributed by atoms with van der Waals surface area (Å²) in [6, 6.07) is 7.51. The van der Waals surface area contributed by atoms with Crippen LogP contribution in [0.15, 0.2) is 36.4 Å². The monoisotopic (exact) mass is 453 g/mol. The first-order chi connectivity index (χ1) is 15.8. The fourth-order valence-electron chi connectivity index (χ4n) is 4.10. The topological polar surface area (TPSA) is 136 Å². The van der Waals surface area contributed by atoms with Gasteiger partial charge in [-0.1, -0.05) is 12.1 Å². The third kappa shape index (κ3) is 3.56. The lowest BCUT2D eigenvalue weighted by Gasteiger charge is -2.34. The SMILES string of the molecule is COc1cc(CN2C(=O)CCC(N3C(=O)c4ccccc4C3=O)C2=O)c([N+](=O)[O-])cc1OC. The number of piperidine rings is 1. The maximum atomic E-state index is 13.3. The zero-order valence-corrected chi connectivity index (χ0v) is 17.8. The number of benzene rings is 2. The molecule has 0 aliphatic carbocycles. The Bertz CT molecular complexity index is 1170. The number of carbonyl (C=O) groups excluding carboxylic acids is 4. The molecule has 1 saturated heterocycles. The number of imide groups is 2. The van der Waals surface area contributed by atoms with Gasteiger partial charge in [0.1, 0.15) is 6.04 Å². The average Bonchev–Trinajstić information content (AvgIpc) is 3.06. The van der Waals surface area contributed by atoms with Crippen molar-refractivity contribution < 1.29 is 33.6 Å². The quantitative estimate of drug-likeness (QED) is 0.368. The maximum Gasteiger partial charge on any atom is 0.278 e. The molecule has 2 aliphatic rings. The molecule has 1 unspecified atom stereocenters. The van der Waals surface area contributed by atoms with Crippen LogP contribution in [-0.4, -0.2) is 58.6 Å². The first-order valence-electron chi connectivity index (χ1n) is 9.98. The zero-order valence-electron chi connectivity index (χ0n) is 17.8. The normalized spacial score (nSPS) is 17.9. The van der Waals surface area contributed by atoms with Crippen LogP contribution in [0.4, 0.5) is 5.69 Å². The predicted molar refractivity (Wildman–Crippen MR) is 112 cm³/mol. The summed E-state index contributed by atoms with van der Waals surface area (Å²) in [5.41, 5.74) is 0.0574. The van der Waals surface area contributed by atoms with E-state index in [1.54, 1.807) is 12.1 Å². The highest BCUT2D eigenvalue weighted by Gasteiger charge is 2.47. The number of ether oxygens (including phenoxy) is 2. The molecule has 0 spiro atoms. The fraction of sp³-hybridized carbons (Fsp3) is 0.273. The van der Waals surface area contributed by atoms with Gasteiger partial charge in [0.05, 0.1) is 48.4 Å². The molecule has 4 amide bonds. The first kappa shape index (κ1) is 21.9. The number of rotatable bonds is 6. The molecular weight excluding hydrogens is 434 g/mol. The van der Waals surface area contributed by atoms with Crippen molar-refractivity contribution in [2.75, 3.05) is 14.2 Å². The smallest absolute Gasteiger partial charge is 0.278 e. The van der Waals surface area contributed by atoms with Crippen molar-refractivity contribution in [1.29, 1.82) is 0 Å². The second kappa shape index (κ2) is 8.34. The Morgan fingerprint density at radius 1 is 1.00 bits per heavy atom. The number of hydrogen-bond donors (Lipinski definition) is 0. The van der Waals surface area contributed by atoms with E-state index in [4.69, 9.17) is 9.47 Å². The van der Waals surface area contributed by atoms with Crippen molar-refractivity contribution >= 4 is 29.3 Å². The van der Waals surface area contributed by atoms with E-state index in [0.29, 0.717) is 0 Å². The Balaban J connectivity index is 1.67. The molecule has 11 heteroatoms. The molecular formula is C22H19N3O8. The minimum absolute atomic E-state index is 0.0202. The van der Waals surface area contributed by atoms with Crippen LogP contribution in [0.1, 0.15) is 39.1 Å². The molecule has 0 radical (unpaired) electrons. The van der Waals surface area contributed by atoms with Gasteiger partial charge in [0, 0.05) is 6.42 Å². The van der Waals surface area contributed by atoms with Crippen molar-refractivity contribution in [2.45, 2.75) is 25.4 Å². The van der Waals surface area contributed by atoms with Gasteiger partial charge in [-0.25, -0.2) is 0 Å². The van der Waals surface area contributed by atoms with Gasteiger partial charge in [-0.3, -0.25) is 39.1 Å². The van der Waals surface area contributed by atoms with Crippen LogP contribution in [0.25, 0.3) is 0 Å². The molecule has 11 nitrogen and oxygen atoms in total. The molecule has 0 bridgehead atoms. The van der Waals surface area contributed by atoms with Crippen molar-refractivity contribution in [3.05, 3.63) is 63.2 Å². The van der Waals surface area contributed by atoms with E-state index >= 15 is 0 Å². The molecule has 33 heavy (non-hydrogen) atoms. The Hall–Kier alpha value is -4.28. The van der Waals surface area contributed by atoms with Gasteiger partial charge in [0.25, 0.3) is 23.4 Å². The summed E-state index contributed by atoms with van der Waals surface area (Å²) in [6.45, 7) is -0.423.